The van der Waals surface area contributed by atoms with Crippen molar-refractivity contribution in [2.24, 2.45) is 5.41 Å². The van der Waals surface area contributed by atoms with E-state index in [4.69, 9.17) is 0 Å². The lowest BCUT2D eigenvalue weighted by Crippen LogP contribution is -2.24. The van der Waals surface area contributed by atoms with Crippen LogP contribution in [0.25, 0.3) is 11.0 Å². The van der Waals surface area contributed by atoms with E-state index >= 15 is 0 Å². The Hall–Kier alpha value is -1.88. The molecule has 136 valence electrons. The molecule has 25 heavy (non-hydrogen) atoms. The van der Waals surface area contributed by atoms with Crippen molar-refractivity contribution in [2.75, 3.05) is 5.32 Å². The number of aromatic nitrogens is 2. The van der Waals surface area contributed by atoms with Gasteiger partial charge in [0.2, 0.25) is 11.9 Å². The second-order valence-corrected chi connectivity index (χ2v) is 8.35. The summed E-state index contributed by atoms with van der Waals surface area (Å²) in [6.07, 6.45) is 4.09. The lowest BCUT2D eigenvalue weighted by molar-refractivity contribution is -0.117. The maximum absolute atomic E-state index is 12.4. The first kappa shape index (κ1) is 17.9. The average molecular weight is 343 g/mol. The van der Waals surface area contributed by atoms with Gasteiger partial charge in [-0.25, -0.2) is 4.98 Å². The Morgan fingerprint density at radius 2 is 2.12 bits per heavy atom. The van der Waals surface area contributed by atoms with Crippen LogP contribution in [0.15, 0.2) is 18.2 Å². The maximum atomic E-state index is 12.4. The topological polar surface area (TPSA) is 67.2 Å². The smallest absolute Gasteiger partial charge is 0.227 e. The van der Waals surface area contributed by atoms with Crippen LogP contribution in [0.3, 0.4) is 0 Å². The van der Waals surface area contributed by atoms with Gasteiger partial charge < -0.3 is 9.67 Å². The summed E-state index contributed by atoms with van der Waals surface area (Å²) in [6, 6.07) is 6.27. The van der Waals surface area contributed by atoms with E-state index in [0.29, 0.717) is 24.8 Å². The minimum atomic E-state index is -0.465. The Labute approximate surface area is 149 Å². The molecule has 5 heteroatoms. The largest absolute Gasteiger partial charge is 0.388 e. The van der Waals surface area contributed by atoms with Gasteiger partial charge in [-0.2, -0.15) is 0 Å². The molecule has 1 atom stereocenters. The summed E-state index contributed by atoms with van der Waals surface area (Å²) >= 11 is 0. The number of hydrogen-bond acceptors (Lipinski definition) is 3. The zero-order valence-corrected chi connectivity index (χ0v) is 15.7. The Bertz CT molecular complexity index is 769. The Morgan fingerprint density at radius 3 is 2.68 bits per heavy atom. The summed E-state index contributed by atoms with van der Waals surface area (Å²) in [5.41, 5.74) is 2.71. The van der Waals surface area contributed by atoms with Crippen molar-refractivity contribution in [1.82, 2.24) is 9.55 Å². The number of nitrogens with zero attached hydrogens (tertiary/aromatic N) is 2. The zero-order valence-electron chi connectivity index (χ0n) is 15.7. The number of amides is 1. The maximum Gasteiger partial charge on any atom is 0.227 e. The van der Waals surface area contributed by atoms with Crippen molar-refractivity contribution < 1.29 is 9.90 Å². The van der Waals surface area contributed by atoms with Gasteiger partial charge in [0.05, 0.1) is 17.1 Å². The number of hydrogen-bond donors (Lipinski definition) is 2. The number of aliphatic hydroxyl groups excluding tert-OH is 1. The number of anilines is 1. The number of nitrogens with one attached hydrogen (secondary N) is 1. The van der Waals surface area contributed by atoms with Gasteiger partial charge in [0.1, 0.15) is 0 Å². The second-order valence-electron chi connectivity index (χ2n) is 8.35. The molecule has 1 unspecified atom stereocenters. The van der Waals surface area contributed by atoms with Crippen LogP contribution in [0.1, 0.15) is 77.5 Å². The summed E-state index contributed by atoms with van der Waals surface area (Å²) < 4.78 is 2.16. The second kappa shape index (κ2) is 6.79. The fraction of sp³-hybridized carbons (Fsp3) is 0.600. The number of aliphatic hydroxyl groups is 1. The first-order valence-electron chi connectivity index (χ1n) is 9.28. The minimum absolute atomic E-state index is 0.00260. The number of rotatable bonds is 5. The van der Waals surface area contributed by atoms with Gasteiger partial charge >= 0.3 is 0 Å². The molecule has 0 bridgehead atoms. The predicted octanol–water partition coefficient (Wildman–Crippen LogP) is 4.58. The van der Waals surface area contributed by atoms with E-state index in [-0.39, 0.29) is 11.3 Å². The van der Waals surface area contributed by atoms with Gasteiger partial charge in [-0.3, -0.25) is 10.1 Å². The van der Waals surface area contributed by atoms with Crippen molar-refractivity contribution in [3.63, 3.8) is 0 Å². The van der Waals surface area contributed by atoms with Crippen LogP contribution in [0.2, 0.25) is 0 Å². The average Bonchev–Trinajstić information content (AvgIpc) is 2.80. The molecule has 0 aliphatic heterocycles. The third-order valence-electron chi connectivity index (χ3n) is 4.87. The Balaban J connectivity index is 1.98. The molecule has 1 fully saturated rings. The number of fused-ring (bicyclic) bond motifs is 1. The highest BCUT2D eigenvalue weighted by Gasteiger charge is 2.26. The van der Waals surface area contributed by atoms with Crippen LogP contribution in [-0.4, -0.2) is 20.6 Å². The molecule has 2 aromatic rings. The number of benzene rings is 1. The van der Waals surface area contributed by atoms with Gasteiger partial charge in [-0.15, -0.1) is 0 Å². The van der Waals surface area contributed by atoms with E-state index in [2.05, 4.69) is 35.6 Å². The molecule has 1 aliphatic rings. The van der Waals surface area contributed by atoms with Crippen LogP contribution in [0.5, 0.6) is 0 Å². The SMILES string of the molecule is CCC(O)c1ccc2nc(NC(=O)CC(C)(C)C)n(C3CCC3)c2c1. The lowest BCUT2D eigenvalue weighted by atomic mass is 9.92. The van der Waals surface area contributed by atoms with E-state index in [1.807, 2.05) is 25.1 Å². The first-order chi connectivity index (χ1) is 11.8. The molecule has 1 amide bonds. The molecular weight excluding hydrogens is 314 g/mol. The molecule has 2 N–H and O–H groups in total. The molecule has 1 aliphatic carbocycles. The van der Waals surface area contributed by atoms with Crippen molar-refractivity contribution >= 4 is 22.9 Å². The number of carbonyl (C=O) groups excluding carboxylic acids is 1. The van der Waals surface area contributed by atoms with Gasteiger partial charge in [0, 0.05) is 12.5 Å². The summed E-state index contributed by atoms with van der Waals surface area (Å²) in [7, 11) is 0. The fourth-order valence-electron chi connectivity index (χ4n) is 3.31. The molecule has 1 aromatic carbocycles. The van der Waals surface area contributed by atoms with Crippen molar-refractivity contribution in [1.29, 1.82) is 0 Å². The molecule has 0 radical (unpaired) electrons. The molecule has 5 nitrogen and oxygen atoms in total. The number of carbonyl (C=O) groups is 1. The molecule has 3 rings (SSSR count). The van der Waals surface area contributed by atoms with E-state index < -0.39 is 6.10 Å². The van der Waals surface area contributed by atoms with Gasteiger partial charge in [0.25, 0.3) is 0 Å². The normalized spacial score (nSPS) is 16.7. The van der Waals surface area contributed by atoms with Gasteiger partial charge in [-0.05, 0) is 48.8 Å². The monoisotopic (exact) mass is 343 g/mol. The van der Waals surface area contributed by atoms with E-state index in [9.17, 15) is 9.90 Å². The molecule has 1 heterocycles. The summed E-state index contributed by atoms with van der Waals surface area (Å²) in [5.74, 6) is 0.634. The summed E-state index contributed by atoms with van der Waals surface area (Å²) in [4.78, 5) is 17.1. The van der Waals surface area contributed by atoms with Gasteiger partial charge in [-0.1, -0.05) is 33.8 Å². The summed E-state index contributed by atoms with van der Waals surface area (Å²) in [5, 5.41) is 13.2. The third-order valence-corrected chi connectivity index (χ3v) is 4.87. The Kier molecular flexibility index (Phi) is 4.87. The number of imidazole rings is 1. The fourth-order valence-corrected chi connectivity index (χ4v) is 3.31. The third kappa shape index (κ3) is 3.87. The van der Waals surface area contributed by atoms with E-state index in [0.717, 1.165) is 29.4 Å². The first-order valence-corrected chi connectivity index (χ1v) is 9.28. The summed E-state index contributed by atoms with van der Waals surface area (Å²) in [6.45, 7) is 8.13. The van der Waals surface area contributed by atoms with Crippen LogP contribution in [-0.2, 0) is 4.79 Å². The lowest BCUT2D eigenvalue weighted by Gasteiger charge is -2.29. The standard InChI is InChI=1S/C20H29N3O2/c1-5-17(24)13-9-10-15-16(11-13)23(14-7-6-8-14)19(21-15)22-18(25)12-20(2,3)4/h9-11,14,17,24H,5-8,12H2,1-4H3,(H,21,22,25). The van der Waals surface area contributed by atoms with Crippen molar-refractivity contribution in [3.05, 3.63) is 23.8 Å². The highest BCUT2D eigenvalue weighted by Crippen LogP contribution is 2.38. The van der Waals surface area contributed by atoms with Crippen LogP contribution in [0.4, 0.5) is 5.95 Å². The molecular formula is C20H29N3O2. The highest BCUT2D eigenvalue weighted by atomic mass is 16.3. The highest BCUT2D eigenvalue weighted by molar-refractivity contribution is 5.92. The van der Waals surface area contributed by atoms with Crippen LogP contribution < -0.4 is 5.32 Å². The van der Waals surface area contributed by atoms with Crippen molar-refractivity contribution in [2.45, 2.75) is 71.9 Å². The molecule has 0 spiro atoms. The molecule has 1 saturated carbocycles. The van der Waals surface area contributed by atoms with Crippen LogP contribution in [0, 0.1) is 5.41 Å². The zero-order chi connectivity index (χ0) is 18.2. The Morgan fingerprint density at radius 1 is 1.40 bits per heavy atom. The van der Waals surface area contributed by atoms with Crippen molar-refractivity contribution in [3.8, 4) is 0 Å². The molecule has 0 saturated heterocycles. The van der Waals surface area contributed by atoms with Crippen LogP contribution >= 0.6 is 0 Å². The van der Waals surface area contributed by atoms with E-state index in [1.165, 1.54) is 6.42 Å². The quantitative estimate of drug-likeness (QED) is 0.835. The predicted molar refractivity (Wildman–Crippen MR) is 101 cm³/mol. The van der Waals surface area contributed by atoms with Gasteiger partial charge in [0.15, 0.2) is 0 Å². The van der Waals surface area contributed by atoms with E-state index in [1.54, 1.807) is 0 Å². The molecule has 1 aromatic heterocycles. The minimum Gasteiger partial charge on any atom is -0.388 e.